The van der Waals surface area contributed by atoms with Crippen molar-refractivity contribution in [3.8, 4) is 0 Å². The third-order valence-electron chi connectivity index (χ3n) is 6.08. The summed E-state index contributed by atoms with van der Waals surface area (Å²) < 4.78 is 0. The highest BCUT2D eigenvalue weighted by atomic mass is 16.3. The second-order valence-electron chi connectivity index (χ2n) is 8.63. The molecule has 2 aliphatic rings. The molecule has 0 heterocycles. The molecular weight excluding hydrogens is 322 g/mol. The lowest BCUT2D eigenvalue weighted by Crippen LogP contribution is -2.17. The van der Waals surface area contributed by atoms with Crippen LogP contribution in [0.25, 0.3) is 0 Å². The molecule has 2 rings (SSSR count). The third kappa shape index (κ3) is 6.66. The Balaban J connectivity index is 1.75. The second-order valence-corrected chi connectivity index (χ2v) is 8.63. The number of aliphatic hydroxyl groups excluding tert-OH is 1. The summed E-state index contributed by atoms with van der Waals surface area (Å²) >= 11 is 0. The molecule has 3 nitrogen and oxygen atoms in total. The zero-order chi connectivity index (χ0) is 18.9. The molecule has 0 aliphatic heterocycles. The molecule has 0 aromatic carbocycles. The van der Waals surface area contributed by atoms with E-state index in [1.807, 2.05) is 6.08 Å². The third-order valence-corrected chi connectivity index (χ3v) is 6.08. The number of hydrogen-bond donors (Lipinski definition) is 1. The normalized spacial score (nSPS) is 28.1. The van der Waals surface area contributed by atoms with Crippen LogP contribution in [0.3, 0.4) is 0 Å². The summed E-state index contributed by atoms with van der Waals surface area (Å²) in [6.45, 7) is 3.33. The van der Waals surface area contributed by atoms with Crippen molar-refractivity contribution in [2.45, 2.75) is 77.2 Å². The molecule has 26 heavy (non-hydrogen) atoms. The Kier molecular flexibility index (Phi) is 9.07. The molecule has 0 unspecified atom stereocenters. The fourth-order valence-corrected chi connectivity index (χ4v) is 4.60. The summed E-state index contributed by atoms with van der Waals surface area (Å²) in [5, 5.41) is 10.4. The van der Waals surface area contributed by atoms with Crippen LogP contribution in [0.2, 0.25) is 0 Å². The Morgan fingerprint density at radius 2 is 2.04 bits per heavy atom. The van der Waals surface area contributed by atoms with E-state index in [0.717, 1.165) is 32.1 Å². The van der Waals surface area contributed by atoms with Crippen molar-refractivity contribution in [2.75, 3.05) is 20.6 Å². The first-order valence-corrected chi connectivity index (χ1v) is 10.7. The topological polar surface area (TPSA) is 40.5 Å². The van der Waals surface area contributed by atoms with Gasteiger partial charge in [0.05, 0.1) is 6.10 Å². The van der Waals surface area contributed by atoms with Crippen molar-refractivity contribution in [1.82, 2.24) is 4.90 Å². The summed E-state index contributed by atoms with van der Waals surface area (Å²) in [7, 11) is 4.27. The molecule has 0 bridgehead atoms. The average molecular weight is 362 g/mol. The van der Waals surface area contributed by atoms with Gasteiger partial charge in [-0.15, -0.1) is 0 Å². The highest BCUT2D eigenvalue weighted by Crippen LogP contribution is 2.48. The van der Waals surface area contributed by atoms with E-state index in [2.05, 4.69) is 32.0 Å². The molecule has 0 aromatic rings. The van der Waals surface area contributed by atoms with E-state index in [1.54, 1.807) is 11.6 Å². The SMILES string of the molecule is CCCCCC(=O)/C=C/[C@@H]1[C@H]2CC(CCCCCN(C)C)=C[C@H]2C[C@H]1O. The number of nitrogens with zero attached hydrogens (tertiary/aromatic N) is 1. The van der Waals surface area contributed by atoms with Gasteiger partial charge in [0.1, 0.15) is 0 Å². The predicted octanol–water partition coefficient (Wildman–Crippen LogP) is 4.76. The minimum absolute atomic E-state index is 0.164. The Morgan fingerprint density at radius 1 is 1.23 bits per heavy atom. The zero-order valence-electron chi connectivity index (χ0n) is 17.1. The average Bonchev–Trinajstić information content (AvgIpc) is 3.09. The highest BCUT2D eigenvalue weighted by molar-refractivity contribution is 5.89. The Morgan fingerprint density at radius 3 is 2.77 bits per heavy atom. The lowest BCUT2D eigenvalue weighted by molar-refractivity contribution is -0.114. The number of allylic oxidation sites excluding steroid dienone is 3. The monoisotopic (exact) mass is 361 g/mol. The maximum atomic E-state index is 12.0. The van der Waals surface area contributed by atoms with Gasteiger partial charge in [-0.3, -0.25) is 4.79 Å². The Hall–Kier alpha value is -0.930. The van der Waals surface area contributed by atoms with Gasteiger partial charge in [-0.25, -0.2) is 0 Å². The number of unbranched alkanes of at least 4 members (excludes halogenated alkanes) is 4. The van der Waals surface area contributed by atoms with Crippen LogP contribution in [-0.2, 0) is 4.79 Å². The quantitative estimate of drug-likeness (QED) is 0.310. The molecule has 148 valence electrons. The number of carbonyl (C=O) groups is 1. The van der Waals surface area contributed by atoms with Crippen LogP contribution in [-0.4, -0.2) is 42.5 Å². The largest absolute Gasteiger partial charge is 0.392 e. The first-order valence-electron chi connectivity index (χ1n) is 10.7. The van der Waals surface area contributed by atoms with Crippen LogP contribution in [0.15, 0.2) is 23.8 Å². The minimum Gasteiger partial charge on any atom is -0.392 e. The van der Waals surface area contributed by atoms with Gasteiger partial charge in [0.15, 0.2) is 5.78 Å². The van der Waals surface area contributed by atoms with Gasteiger partial charge in [0, 0.05) is 12.3 Å². The summed E-state index contributed by atoms with van der Waals surface area (Å²) in [6, 6.07) is 0. The highest BCUT2D eigenvalue weighted by Gasteiger charge is 2.43. The fraction of sp³-hybridized carbons (Fsp3) is 0.783. The summed E-state index contributed by atoms with van der Waals surface area (Å²) in [6.07, 6.45) is 16.9. The fourth-order valence-electron chi connectivity index (χ4n) is 4.60. The van der Waals surface area contributed by atoms with Crippen LogP contribution in [0.1, 0.15) is 71.1 Å². The van der Waals surface area contributed by atoms with Crippen molar-refractivity contribution in [3.05, 3.63) is 23.8 Å². The zero-order valence-corrected chi connectivity index (χ0v) is 17.1. The van der Waals surface area contributed by atoms with Gasteiger partial charge in [-0.2, -0.15) is 0 Å². The van der Waals surface area contributed by atoms with Crippen LogP contribution >= 0.6 is 0 Å². The van der Waals surface area contributed by atoms with Crippen LogP contribution < -0.4 is 0 Å². The number of carbonyl (C=O) groups excluding carboxylic acids is 1. The number of hydrogen-bond acceptors (Lipinski definition) is 3. The maximum Gasteiger partial charge on any atom is 0.155 e. The van der Waals surface area contributed by atoms with Crippen LogP contribution in [0, 0.1) is 17.8 Å². The van der Waals surface area contributed by atoms with Gasteiger partial charge < -0.3 is 10.0 Å². The van der Waals surface area contributed by atoms with Crippen molar-refractivity contribution >= 4 is 5.78 Å². The lowest BCUT2D eigenvalue weighted by Gasteiger charge is -2.18. The maximum absolute atomic E-state index is 12.0. The van der Waals surface area contributed by atoms with Crippen LogP contribution in [0.4, 0.5) is 0 Å². The summed E-state index contributed by atoms with van der Waals surface area (Å²) in [5.41, 5.74) is 1.59. The van der Waals surface area contributed by atoms with Gasteiger partial charge >= 0.3 is 0 Å². The molecule has 1 saturated carbocycles. The van der Waals surface area contributed by atoms with E-state index in [4.69, 9.17) is 0 Å². The molecule has 0 amide bonds. The van der Waals surface area contributed by atoms with E-state index in [9.17, 15) is 9.90 Å². The summed E-state index contributed by atoms with van der Waals surface area (Å²) in [5.74, 6) is 1.42. The molecule has 4 atom stereocenters. The molecule has 0 aromatic heterocycles. The molecule has 3 heteroatoms. The molecule has 0 saturated heterocycles. The van der Waals surface area contributed by atoms with Crippen molar-refractivity contribution in [2.24, 2.45) is 17.8 Å². The molecule has 1 fully saturated rings. The van der Waals surface area contributed by atoms with E-state index in [0.29, 0.717) is 18.3 Å². The first kappa shape index (κ1) is 21.4. The van der Waals surface area contributed by atoms with E-state index >= 15 is 0 Å². The first-order chi connectivity index (χ1) is 12.5. The van der Waals surface area contributed by atoms with Gasteiger partial charge in [-0.1, -0.05) is 43.9 Å². The van der Waals surface area contributed by atoms with Crippen molar-refractivity contribution < 1.29 is 9.90 Å². The lowest BCUT2D eigenvalue weighted by atomic mass is 9.88. The van der Waals surface area contributed by atoms with Crippen LogP contribution in [0.5, 0.6) is 0 Å². The Labute approximate surface area is 160 Å². The minimum atomic E-state index is -0.275. The number of rotatable bonds is 12. The number of ketones is 1. The molecule has 1 N–H and O–H groups in total. The predicted molar refractivity (Wildman–Crippen MR) is 109 cm³/mol. The number of fused-ring (bicyclic) bond motifs is 1. The van der Waals surface area contributed by atoms with E-state index in [-0.39, 0.29) is 17.8 Å². The molecule has 0 radical (unpaired) electrons. The van der Waals surface area contributed by atoms with Crippen molar-refractivity contribution in [1.29, 1.82) is 0 Å². The van der Waals surface area contributed by atoms with E-state index in [1.165, 1.54) is 32.2 Å². The number of aliphatic hydroxyl groups is 1. The van der Waals surface area contributed by atoms with Gasteiger partial charge in [0.2, 0.25) is 0 Å². The second kappa shape index (κ2) is 11.0. The van der Waals surface area contributed by atoms with Gasteiger partial charge in [0.25, 0.3) is 0 Å². The molecule has 2 aliphatic carbocycles. The van der Waals surface area contributed by atoms with Crippen molar-refractivity contribution in [3.63, 3.8) is 0 Å². The smallest absolute Gasteiger partial charge is 0.155 e. The van der Waals surface area contributed by atoms with E-state index < -0.39 is 0 Å². The molecule has 0 spiro atoms. The Bertz CT molecular complexity index is 494. The standard InChI is InChI=1S/C23H39NO2/c1-4-5-7-11-20(25)12-13-21-22-16-18(15-19(22)17-23(21)26)10-8-6-9-14-24(2)3/h12-13,15,19,21-23,26H,4-11,14,16-17H2,1-3H3/b13-12+/t19-,21+,22-,23+/m0/s1. The summed E-state index contributed by atoms with van der Waals surface area (Å²) in [4.78, 5) is 14.3. The molecular formula is C23H39NO2. The van der Waals surface area contributed by atoms with Gasteiger partial charge in [-0.05, 0) is 77.1 Å².